The fraction of sp³-hybridized carbons (Fsp3) is 0.250. The summed E-state index contributed by atoms with van der Waals surface area (Å²) in [6.07, 6.45) is 2.52. The number of hydrazine groups is 1. The molecule has 0 atom stereocenters. The Labute approximate surface area is 121 Å². The maximum Gasteiger partial charge on any atom is 0.251 e. The van der Waals surface area contributed by atoms with E-state index in [0.717, 1.165) is 5.69 Å². The van der Waals surface area contributed by atoms with E-state index in [-0.39, 0.29) is 11.1 Å². The Morgan fingerprint density at radius 3 is 2.95 bits per heavy atom. The van der Waals surface area contributed by atoms with E-state index < -0.39 is 0 Å². The maximum atomic E-state index is 12.0. The molecule has 7 nitrogen and oxygen atoms in total. The number of hydrogen-bond donors (Lipinski definition) is 3. The van der Waals surface area contributed by atoms with Crippen LogP contribution in [0.3, 0.4) is 0 Å². The van der Waals surface area contributed by atoms with Gasteiger partial charge < -0.3 is 10.7 Å². The number of amides is 1. The molecular weight excluding hydrogens is 280 g/mol. The van der Waals surface area contributed by atoms with Crippen LogP contribution in [0.25, 0.3) is 0 Å². The number of pyridine rings is 1. The molecule has 20 heavy (non-hydrogen) atoms. The van der Waals surface area contributed by atoms with Crippen LogP contribution in [0.15, 0.2) is 24.4 Å². The molecule has 2 heterocycles. The van der Waals surface area contributed by atoms with Crippen LogP contribution in [0.1, 0.15) is 16.1 Å². The largest absolute Gasteiger partial charge is 0.352 e. The fourth-order valence-electron chi connectivity index (χ4n) is 1.70. The predicted octanol–water partition coefficient (Wildman–Crippen LogP) is 0.727. The Morgan fingerprint density at radius 1 is 1.50 bits per heavy atom. The van der Waals surface area contributed by atoms with Crippen LogP contribution >= 0.6 is 11.6 Å². The molecule has 0 unspecified atom stereocenters. The molecule has 2 aromatic heterocycles. The summed E-state index contributed by atoms with van der Waals surface area (Å²) in [5.41, 5.74) is 3.68. The number of hydrogen-bond acceptors (Lipinski definition) is 5. The van der Waals surface area contributed by atoms with Gasteiger partial charge in [0.25, 0.3) is 5.91 Å². The number of nitrogen functional groups attached to an aromatic ring is 1. The standard InChI is InChI=1S/C12H15ClN6O/c1-19-5-3-9(18-19)2-4-15-12(20)8-6-10(13)16-11(7-8)17-14/h3,5-7H,2,4,14H2,1H3,(H,15,20)(H,16,17). The number of nitrogens with two attached hydrogens (primary N) is 1. The zero-order chi connectivity index (χ0) is 14.5. The first-order chi connectivity index (χ1) is 9.58. The number of aromatic nitrogens is 3. The van der Waals surface area contributed by atoms with Gasteiger partial charge in [-0.2, -0.15) is 5.10 Å². The van der Waals surface area contributed by atoms with Gasteiger partial charge in [0, 0.05) is 31.8 Å². The molecule has 0 saturated carbocycles. The van der Waals surface area contributed by atoms with Crippen molar-refractivity contribution in [3.8, 4) is 0 Å². The normalized spacial score (nSPS) is 10.3. The molecule has 1 amide bonds. The van der Waals surface area contributed by atoms with Crippen LogP contribution < -0.4 is 16.6 Å². The second-order valence-electron chi connectivity index (χ2n) is 4.19. The number of halogens is 1. The van der Waals surface area contributed by atoms with E-state index >= 15 is 0 Å². The molecule has 0 aromatic carbocycles. The summed E-state index contributed by atoms with van der Waals surface area (Å²) in [6.45, 7) is 0.487. The second-order valence-corrected chi connectivity index (χ2v) is 4.58. The molecule has 0 fully saturated rings. The number of nitrogens with zero attached hydrogens (tertiary/aromatic N) is 3. The van der Waals surface area contributed by atoms with Gasteiger partial charge in [-0.3, -0.25) is 9.48 Å². The van der Waals surface area contributed by atoms with Gasteiger partial charge in [-0.15, -0.1) is 0 Å². The highest BCUT2D eigenvalue weighted by Gasteiger charge is 2.09. The fourth-order valence-corrected chi connectivity index (χ4v) is 1.91. The van der Waals surface area contributed by atoms with Crippen LogP contribution in [0, 0.1) is 0 Å². The number of nitrogens with one attached hydrogen (secondary N) is 2. The van der Waals surface area contributed by atoms with Crippen molar-refractivity contribution in [1.29, 1.82) is 0 Å². The summed E-state index contributed by atoms with van der Waals surface area (Å²) < 4.78 is 1.72. The molecule has 8 heteroatoms. The van der Waals surface area contributed by atoms with Crippen molar-refractivity contribution < 1.29 is 4.79 Å². The topological polar surface area (TPSA) is 97.9 Å². The van der Waals surface area contributed by atoms with E-state index in [0.29, 0.717) is 24.3 Å². The van der Waals surface area contributed by atoms with Gasteiger partial charge in [0.1, 0.15) is 11.0 Å². The van der Waals surface area contributed by atoms with Crippen molar-refractivity contribution in [2.75, 3.05) is 12.0 Å². The van der Waals surface area contributed by atoms with E-state index in [1.54, 1.807) is 4.68 Å². The van der Waals surface area contributed by atoms with Gasteiger partial charge in [-0.1, -0.05) is 11.6 Å². The third kappa shape index (κ3) is 3.69. The van der Waals surface area contributed by atoms with E-state index in [4.69, 9.17) is 17.4 Å². The van der Waals surface area contributed by atoms with Crippen molar-refractivity contribution in [3.63, 3.8) is 0 Å². The van der Waals surface area contributed by atoms with Crippen LogP contribution in [0.4, 0.5) is 5.82 Å². The molecule has 0 aliphatic carbocycles. The van der Waals surface area contributed by atoms with E-state index in [2.05, 4.69) is 20.8 Å². The molecule has 0 spiro atoms. The van der Waals surface area contributed by atoms with Crippen molar-refractivity contribution >= 4 is 23.3 Å². The number of carbonyl (C=O) groups excluding carboxylic acids is 1. The van der Waals surface area contributed by atoms with Crippen LogP contribution in [-0.4, -0.2) is 27.2 Å². The first-order valence-electron chi connectivity index (χ1n) is 5.99. The summed E-state index contributed by atoms with van der Waals surface area (Å²) in [7, 11) is 1.85. The van der Waals surface area contributed by atoms with Crippen molar-refractivity contribution in [2.24, 2.45) is 12.9 Å². The first-order valence-corrected chi connectivity index (χ1v) is 6.37. The average Bonchev–Trinajstić information content (AvgIpc) is 2.83. The van der Waals surface area contributed by atoms with Gasteiger partial charge >= 0.3 is 0 Å². The lowest BCUT2D eigenvalue weighted by atomic mass is 10.2. The number of rotatable bonds is 5. The van der Waals surface area contributed by atoms with Gasteiger partial charge in [0.2, 0.25) is 0 Å². The monoisotopic (exact) mass is 294 g/mol. The smallest absolute Gasteiger partial charge is 0.251 e. The Hall–Kier alpha value is -2.12. The molecular formula is C12H15ClN6O. The Bertz CT molecular complexity index is 612. The van der Waals surface area contributed by atoms with Gasteiger partial charge in [-0.05, 0) is 18.2 Å². The summed E-state index contributed by atoms with van der Waals surface area (Å²) in [6, 6.07) is 4.92. The molecule has 0 saturated heterocycles. The average molecular weight is 295 g/mol. The summed E-state index contributed by atoms with van der Waals surface area (Å²) in [4.78, 5) is 15.9. The summed E-state index contributed by atoms with van der Waals surface area (Å²) in [5, 5.41) is 7.23. The minimum absolute atomic E-state index is 0.204. The van der Waals surface area contributed by atoms with Crippen molar-refractivity contribution in [1.82, 2.24) is 20.1 Å². The molecule has 0 bridgehead atoms. The number of anilines is 1. The van der Waals surface area contributed by atoms with E-state index in [1.807, 2.05) is 19.3 Å². The van der Waals surface area contributed by atoms with Crippen LogP contribution in [0.5, 0.6) is 0 Å². The molecule has 0 aliphatic heterocycles. The minimum atomic E-state index is -0.235. The highest BCUT2D eigenvalue weighted by Crippen LogP contribution is 2.13. The predicted molar refractivity (Wildman–Crippen MR) is 76.3 cm³/mol. The molecule has 2 rings (SSSR count). The molecule has 2 aromatic rings. The van der Waals surface area contributed by atoms with Crippen molar-refractivity contribution in [3.05, 3.63) is 40.8 Å². The molecule has 0 radical (unpaired) electrons. The summed E-state index contributed by atoms with van der Waals surface area (Å²) >= 11 is 5.81. The third-order valence-corrected chi connectivity index (χ3v) is 2.83. The highest BCUT2D eigenvalue weighted by molar-refractivity contribution is 6.29. The van der Waals surface area contributed by atoms with Crippen LogP contribution in [-0.2, 0) is 13.5 Å². The molecule has 106 valence electrons. The molecule has 4 N–H and O–H groups in total. The van der Waals surface area contributed by atoms with Gasteiger partial charge in [-0.25, -0.2) is 10.8 Å². The lowest BCUT2D eigenvalue weighted by Crippen LogP contribution is -2.26. The van der Waals surface area contributed by atoms with Gasteiger partial charge in [0.15, 0.2) is 0 Å². The molecule has 0 aliphatic rings. The van der Waals surface area contributed by atoms with Crippen molar-refractivity contribution in [2.45, 2.75) is 6.42 Å². The summed E-state index contributed by atoms with van der Waals surface area (Å²) in [5.74, 6) is 5.36. The minimum Gasteiger partial charge on any atom is -0.352 e. The highest BCUT2D eigenvalue weighted by atomic mass is 35.5. The second kappa shape index (κ2) is 6.36. The van der Waals surface area contributed by atoms with E-state index in [9.17, 15) is 4.79 Å². The lowest BCUT2D eigenvalue weighted by molar-refractivity contribution is 0.0954. The van der Waals surface area contributed by atoms with Gasteiger partial charge in [0.05, 0.1) is 5.69 Å². The van der Waals surface area contributed by atoms with E-state index in [1.165, 1.54) is 12.1 Å². The zero-order valence-corrected chi connectivity index (χ0v) is 11.7. The quantitative estimate of drug-likeness (QED) is 0.429. The Balaban J connectivity index is 1.93. The third-order valence-electron chi connectivity index (χ3n) is 2.64. The maximum absolute atomic E-state index is 12.0. The lowest BCUT2D eigenvalue weighted by Gasteiger charge is -2.06. The first kappa shape index (κ1) is 14.3. The number of aryl methyl sites for hydroxylation is 1. The SMILES string of the molecule is Cn1ccc(CCNC(=O)c2cc(Cl)nc(NN)c2)n1. The Kier molecular flexibility index (Phi) is 4.54. The van der Waals surface area contributed by atoms with Crippen LogP contribution in [0.2, 0.25) is 5.15 Å². The Morgan fingerprint density at radius 2 is 2.30 bits per heavy atom. The number of carbonyl (C=O) groups is 1. The zero-order valence-electron chi connectivity index (χ0n) is 10.9.